The van der Waals surface area contributed by atoms with Gasteiger partial charge in [0.15, 0.2) is 5.41 Å². The van der Waals surface area contributed by atoms with E-state index in [1.807, 2.05) is 30.3 Å². The minimum absolute atomic E-state index is 0.612. The quantitative estimate of drug-likeness (QED) is 0.746. The van der Waals surface area contributed by atoms with Gasteiger partial charge in [-0.05, 0) is 12.0 Å². The van der Waals surface area contributed by atoms with E-state index in [2.05, 4.69) is 19.1 Å². The Labute approximate surface area is 90.8 Å². The van der Waals surface area contributed by atoms with Gasteiger partial charge in [0.25, 0.3) is 0 Å². The highest BCUT2D eigenvalue weighted by atomic mass is 14.4. The van der Waals surface area contributed by atoms with Gasteiger partial charge >= 0.3 is 0 Å². The Morgan fingerprint density at radius 1 is 1.13 bits per heavy atom. The number of hydrogen-bond acceptors (Lipinski definition) is 2. The standard InChI is InChI=1S/C13H14N2/c1-2-3-9-13(10-14,11-15)12-7-5-4-6-8-12/h4-8H,2-3,9H2,1H3. The molecule has 0 heterocycles. The molecule has 1 aromatic carbocycles. The Kier molecular flexibility index (Phi) is 3.89. The second kappa shape index (κ2) is 5.17. The molecule has 2 heteroatoms. The molecule has 2 nitrogen and oxygen atoms in total. The first-order chi connectivity index (χ1) is 7.29. The highest BCUT2D eigenvalue weighted by molar-refractivity contribution is 5.39. The van der Waals surface area contributed by atoms with Crippen LogP contribution in [0.2, 0.25) is 0 Å². The Hall–Kier alpha value is -1.80. The van der Waals surface area contributed by atoms with Gasteiger partial charge in [0, 0.05) is 0 Å². The topological polar surface area (TPSA) is 47.6 Å². The summed E-state index contributed by atoms with van der Waals surface area (Å²) in [5.74, 6) is 0. The molecule has 0 fully saturated rings. The Balaban J connectivity index is 3.03. The summed E-state index contributed by atoms with van der Waals surface area (Å²) in [5, 5.41) is 18.4. The molecule has 0 spiro atoms. The van der Waals surface area contributed by atoms with Crippen LogP contribution < -0.4 is 0 Å². The third-order valence-electron chi connectivity index (χ3n) is 2.55. The molecule has 0 bridgehead atoms. The summed E-state index contributed by atoms with van der Waals surface area (Å²) in [7, 11) is 0. The summed E-state index contributed by atoms with van der Waals surface area (Å²) in [6.45, 7) is 2.06. The minimum atomic E-state index is -0.961. The summed E-state index contributed by atoms with van der Waals surface area (Å²) < 4.78 is 0. The van der Waals surface area contributed by atoms with Crippen molar-refractivity contribution in [3.63, 3.8) is 0 Å². The molecule has 0 N–H and O–H groups in total. The second-order valence-electron chi connectivity index (χ2n) is 3.60. The van der Waals surface area contributed by atoms with Crippen LogP contribution in [0.3, 0.4) is 0 Å². The zero-order valence-electron chi connectivity index (χ0n) is 8.90. The van der Waals surface area contributed by atoms with E-state index in [4.69, 9.17) is 0 Å². The lowest BCUT2D eigenvalue weighted by molar-refractivity contribution is 0.582. The maximum Gasteiger partial charge on any atom is 0.168 e. The SMILES string of the molecule is CCCCC(C#N)(C#N)c1ccccc1. The van der Waals surface area contributed by atoms with Crippen LogP contribution in [0.15, 0.2) is 30.3 Å². The van der Waals surface area contributed by atoms with Gasteiger partial charge in [-0.15, -0.1) is 0 Å². The van der Waals surface area contributed by atoms with Gasteiger partial charge in [-0.3, -0.25) is 0 Å². The van der Waals surface area contributed by atoms with E-state index in [0.29, 0.717) is 6.42 Å². The fourth-order valence-corrected chi connectivity index (χ4v) is 1.57. The monoisotopic (exact) mass is 198 g/mol. The second-order valence-corrected chi connectivity index (χ2v) is 3.60. The van der Waals surface area contributed by atoms with Crippen LogP contribution >= 0.6 is 0 Å². The molecule has 0 radical (unpaired) electrons. The lowest BCUT2D eigenvalue weighted by Crippen LogP contribution is -2.21. The maximum absolute atomic E-state index is 9.18. The first-order valence-corrected chi connectivity index (χ1v) is 5.17. The van der Waals surface area contributed by atoms with Gasteiger partial charge in [-0.2, -0.15) is 10.5 Å². The minimum Gasteiger partial charge on any atom is -0.196 e. The summed E-state index contributed by atoms with van der Waals surface area (Å²) >= 11 is 0. The van der Waals surface area contributed by atoms with Crippen molar-refractivity contribution in [3.8, 4) is 12.1 Å². The van der Waals surface area contributed by atoms with Gasteiger partial charge in [-0.1, -0.05) is 50.1 Å². The number of unbranched alkanes of at least 4 members (excludes halogenated alkanes) is 1. The van der Waals surface area contributed by atoms with E-state index < -0.39 is 5.41 Å². The van der Waals surface area contributed by atoms with Crippen LogP contribution in [0.1, 0.15) is 31.7 Å². The Morgan fingerprint density at radius 3 is 2.20 bits per heavy atom. The van der Waals surface area contributed by atoms with E-state index in [9.17, 15) is 10.5 Å². The van der Waals surface area contributed by atoms with E-state index in [0.717, 1.165) is 18.4 Å². The normalized spacial score (nSPS) is 10.3. The summed E-state index contributed by atoms with van der Waals surface area (Å²) in [6, 6.07) is 13.6. The molecule has 15 heavy (non-hydrogen) atoms. The number of nitriles is 2. The van der Waals surface area contributed by atoms with Crippen molar-refractivity contribution >= 4 is 0 Å². The van der Waals surface area contributed by atoms with Gasteiger partial charge in [-0.25, -0.2) is 0 Å². The summed E-state index contributed by atoms with van der Waals surface area (Å²) in [4.78, 5) is 0. The number of rotatable bonds is 4. The maximum atomic E-state index is 9.18. The zero-order valence-corrected chi connectivity index (χ0v) is 8.90. The molecule has 0 amide bonds. The molecular weight excluding hydrogens is 184 g/mol. The molecule has 0 aromatic heterocycles. The van der Waals surface area contributed by atoms with Gasteiger partial charge < -0.3 is 0 Å². The van der Waals surface area contributed by atoms with Crippen molar-refractivity contribution in [2.75, 3.05) is 0 Å². The molecule has 1 rings (SSSR count). The predicted octanol–water partition coefficient (Wildman–Crippen LogP) is 3.16. The molecule has 0 saturated carbocycles. The van der Waals surface area contributed by atoms with Crippen molar-refractivity contribution in [3.05, 3.63) is 35.9 Å². The van der Waals surface area contributed by atoms with Crippen LogP contribution in [0.5, 0.6) is 0 Å². The fourth-order valence-electron chi connectivity index (χ4n) is 1.57. The number of benzene rings is 1. The summed E-state index contributed by atoms with van der Waals surface area (Å²) in [6.07, 6.45) is 2.51. The fraction of sp³-hybridized carbons (Fsp3) is 0.385. The van der Waals surface area contributed by atoms with Crippen LogP contribution in [-0.4, -0.2) is 0 Å². The smallest absolute Gasteiger partial charge is 0.168 e. The number of hydrogen-bond donors (Lipinski definition) is 0. The van der Waals surface area contributed by atoms with E-state index in [1.54, 1.807) is 0 Å². The van der Waals surface area contributed by atoms with Crippen LogP contribution in [0, 0.1) is 22.7 Å². The molecule has 0 aliphatic rings. The first kappa shape index (κ1) is 11.3. The highest BCUT2D eigenvalue weighted by Crippen LogP contribution is 2.28. The van der Waals surface area contributed by atoms with Crippen molar-refractivity contribution < 1.29 is 0 Å². The average Bonchev–Trinajstić information content (AvgIpc) is 2.33. The lowest BCUT2D eigenvalue weighted by atomic mass is 9.79. The molecule has 0 aliphatic heterocycles. The van der Waals surface area contributed by atoms with Gasteiger partial charge in [0.05, 0.1) is 12.1 Å². The van der Waals surface area contributed by atoms with Crippen LogP contribution in [0.4, 0.5) is 0 Å². The lowest BCUT2D eigenvalue weighted by Gasteiger charge is -2.18. The molecule has 1 aromatic rings. The van der Waals surface area contributed by atoms with Crippen molar-refractivity contribution in [2.45, 2.75) is 31.6 Å². The number of nitrogens with zero attached hydrogens (tertiary/aromatic N) is 2. The largest absolute Gasteiger partial charge is 0.196 e. The average molecular weight is 198 g/mol. The molecule has 0 aliphatic carbocycles. The Morgan fingerprint density at radius 2 is 1.73 bits per heavy atom. The molecule has 0 atom stereocenters. The molecule has 0 unspecified atom stereocenters. The zero-order chi connectivity index (χ0) is 11.1. The van der Waals surface area contributed by atoms with Crippen molar-refractivity contribution in [2.24, 2.45) is 0 Å². The van der Waals surface area contributed by atoms with Crippen LogP contribution in [-0.2, 0) is 5.41 Å². The molecular formula is C13H14N2. The molecule has 0 saturated heterocycles. The third-order valence-corrected chi connectivity index (χ3v) is 2.55. The Bertz CT molecular complexity index is 367. The van der Waals surface area contributed by atoms with Crippen molar-refractivity contribution in [1.29, 1.82) is 10.5 Å². The van der Waals surface area contributed by atoms with E-state index in [1.165, 1.54) is 0 Å². The van der Waals surface area contributed by atoms with E-state index >= 15 is 0 Å². The van der Waals surface area contributed by atoms with Crippen LogP contribution in [0.25, 0.3) is 0 Å². The third kappa shape index (κ3) is 2.36. The first-order valence-electron chi connectivity index (χ1n) is 5.17. The molecule has 76 valence electrons. The predicted molar refractivity (Wildman–Crippen MR) is 58.9 cm³/mol. The van der Waals surface area contributed by atoms with Gasteiger partial charge in [0.2, 0.25) is 0 Å². The van der Waals surface area contributed by atoms with Gasteiger partial charge in [0.1, 0.15) is 0 Å². The highest BCUT2D eigenvalue weighted by Gasteiger charge is 2.31. The van der Waals surface area contributed by atoms with E-state index in [-0.39, 0.29) is 0 Å². The van der Waals surface area contributed by atoms with Crippen molar-refractivity contribution in [1.82, 2.24) is 0 Å². The summed E-state index contributed by atoms with van der Waals surface area (Å²) in [5.41, 5.74) is -0.152.